The van der Waals surface area contributed by atoms with Gasteiger partial charge in [-0.15, -0.1) is 0 Å². The maximum atomic E-state index is 9.71. The van der Waals surface area contributed by atoms with E-state index >= 15 is 0 Å². The molecule has 0 radical (unpaired) electrons. The molecule has 0 aromatic heterocycles. The number of aliphatic hydroxyl groups is 1. The molecule has 0 heterocycles. The van der Waals surface area contributed by atoms with Crippen LogP contribution in [0.4, 0.5) is 0 Å². The molecule has 1 aromatic rings. The number of aliphatic hydroxyl groups excluding tert-OH is 1. The van der Waals surface area contributed by atoms with Gasteiger partial charge in [0, 0.05) is 10.9 Å². The maximum absolute atomic E-state index is 9.71. The summed E-state index contributed by atoms with van der Waals surface area (Å²) in [4.78, 5) is 0. The average Bonchev–Trinajstić information content (AvgIpc) is 2.52. The maximum Gasteiger partial charge on any atom is 0.0609 e. The lowest BCUT2D eigenvalue weighted by molar-refractivity contribution is 0.164. The van der Waals surface area contributed by atoms with E-state index in [0.717, 1.165) is 29.8 Å². The second-order valence-corrected chi connectivity index (χ2v) is 4.03. The van der Waals surface area contributed by atoms with E-state index in [1.807, 2.05) is 24.3 Å². The molecule has 13 heavy (non-hydrogen) atoms. The van der Waals surface area contributed by atoms with Gasteiger partial charge in [-0.25, -0.2) is 0 Å². The molecule has 2 rings (SSSR count). The van der Waals surface area contributed by atoms with Crippen LogP contribution in [0.1, 0.15) is 30.7 Å². The van der Waals surface area contributed by atoms with Gasteiger partial charge in [-0.05, 0) is 24.5 Å². The van der Waals surface area contributed by atoms with Crippen molar-refractivity contribution >= 4 is 11.6 Å². The molecule has 1 N–H and O–H groups in total. The lowest BCUT2D eigenvalue weighted by atomic mass is 9.96. The molecule has 1 aliphatic carbocycles. The fourth-order valence-electron chi connectivity index (χ4n) is 2.08. The molecule has 0 spiro atoms. The zero-order valence-corrected chi connectivity index (χ0v) is 8.17. The van der Waals surface area contributed by atoms with E-state index in [2.05, 4.69) is 0 Å². The van der Waals surface area contributed by atoms with Crippen LogP contribution in [0, 0.1) is 0 Å². The Hall–Kier alpha value is -0.530. The van der Waals surface area contributed by atoms with Gasteiger partial charge >= 0.3 is 0 Å². The van der Waals surface area contributed by atoms with Crippen LogP contribution in [0.25, 0.3) is 0 Å². The molecule has 1 fully saturated rings. The van der Waals surface area contributed by atoms with Gasteiger partial charge in [0.25, 0.3) is 0 Å². The summed E-state index contributed by atoms with van der Waals surface area (Å²) in [5.41, 5.74) is 1.11. The Labute approximate surface area is 83.3 Å². The first-order valence-corrected chi connectivity index (χ1v) is 5.09. The third kappa shape index (κ3) is 1.72. The highest BCUT2D eigenvalue weighted by molar-refractivity contribution is 6.31. The summed E-state index contributed by atoms with van der Waals surface area (Å²) in [5, 5.41) is 10.5. The molecule has 70 valence electrons. The Bertz CT molecular complexity index is 298. The van der Waals surface area contributed by atoms with E-state index < -0.39 is 0 Å². The van der Waals surface area contributed by atoms with Crippen LogP contribution in [0.15, 0.2) is 24.3 Å². The van der Waals surface area contributed by atoms with Crippen molar-refractivity contribution in [2.45, 2.75) is 31.3 Å². The zero-order valence-electron chi connectivity index (χ0n) is 7.41. The number of benzene rings is 1. The summed E-state index contributed by atoms with van der Waals surface area (Å²) in [7, 11) is 0. The number of halogens is 1. The van der Waals surface area contributed by atoms with Crippen molar-refractivity contribution in [3.63, 3.8) is 0 Å². The van der Waals surface area contributed by atoms with E-state index in [9.17, 15) is 5.11 Å². The quantitative estimate of drug-likeness (QED) is 0.732. The fraction of sp³-hybridized carbons (Fsp3) is 0.455. The van der Waals surface area contributed by atoms with Crippen molar-refractivity contribution in [3.8, 4) is 0 Å². The van der Waals surface area contributed by atoms with Crippen molar-refractivity contribution in [1.82, 2.24) is 0 Å². The molecule has 0 bridgehead atoms. The molecular formula is C11H13ClO. The first kappa shape index (κ1) is 9.04. The summed E-state index contributed by atoms with van der Waals surface area (Å²) in [6.45, 7) is 0. The Kier molecular flexibility index (Phi) is 2.56. The minimum atomic E-state index is -0.195. The van der Waals surface area contributed by atoms with Crippen molar-refractivity contribution in [3.05, 3.63) is 34.9 Å². The normalized spacial score (nSPS) is 27.8. The van der Waals surface area contributed by atoms with Gasteiger partial charge in [-0.3, -0.25) is 0 Å². The largest absolute Gasteiger partial charge is 0.392 e. The van der Waals surface area contributed by atoms with Crippen LogP contribution in [0.2, 0.25) is 5.02 Å². The monoisotopic (exact) mass is 196 g/mol. The lowest BCUT2D eigenvalue weighted by Crippen LogP contribution is -2.11. The van der Waals surface area contributed by atoms with Gasteiger partial charge in [-0.2, -0.15) is 0 Å². The molecule has 1 aliphatic rings. The topological polar surface area (TPSA) is 20.2 Å². The lowest BCUT2D eigenvalue weighted by Gasteiger charge is -2.15. The molecule has 0 amide bonds. The highest BCUT2D eigenvalue weighted by atomic mass is 35.5. The predicted molar refractivity (Wildman–Crippen MR) is 54.1 cm³/mol. The summed E-state index contributed by atoms with van der Waals surface area (Å²) in [5.74, 6) is 0.258. The molecule has 0 unspecified atom stereocenters. The molecule has 1 nitrogen and oxygen atoms in total. The Morgan fingerprint density at radius 1 is 1.23 bits per heavy atom. The van der Waals surface area contributed by atoms with E-state index in [0.29, 0.717) is 0 Å². The summed E-state index contributed by atoms with van der Waals surface area (Å²) in [6, 6.07) is 7.81. The van der Waals surface area contributed by atoms with Crippen LogP contribution in [0.5, 0.6) is 0 Å². The van der Waals surface area contributed by atoms with Crippen molar-refractivity contribution < 1.29 is 5.11 Å². The number of rotatable bonds is 1. The van der Waals surface area contributed by atoms with Crippen molar-refractivity contribution in [2.24, 2.45) is 0 Å². The van der Waals surface area contributed by atoms with Gasteiger partial charge in [0.2, 0.25) is 0 Å². The predicted octanol–water partition coefficient (Wildman–Crippen LogP) is 2.97. The number of hydrogen-bond donors (Lipinski definition) is 1. The molecular weight excluding hydrogens is 184 g/mol. The summed E-state index contributed by atoms with van der Waals surface area (Å²) < 4.78 is 0. The second-order valence-electron chi connectivity index (χ2n) is 3.63. The molecule has 2 heteroatoms. The standard InChI is InChI=1S/C11H13ClO/c12-10-6-2-1-4-8(10)9-5-3-7-11(9)13/h1-2,4,6,9,11,13H,3,5,7H2/t9-,11+/m1/s1. The third-order valence-electron chi connectivity index (χ3n) is 2.78. The minimum absolute atomic E-state index is 0.195. The van der Waals surface area contributed by atoms with E-state index in [-0.39, 0.29) is 12.0 Å². The van der Waals surface area contributed by atoms with Crippen LogP contribution in [0.3, 0.4) is 0 Å². The van der Waals surface area contributed by atoms with Crippen molar-refractivity contribution in [2.75, 3.05) is 0 Å². The summed E-state index contributed by atoms with van der Waals surface area (Å²) in [6.07, 6.45) is 2.89. The molecule has 1 saturated carbocycles. The smallest absolute Gasteiger partial charge is 0.0609 e. The van der Waals surface area contributed by atoms with Gasteiger partial charge in [0.1, 0.15) is 0 Å². The third-order valence-corrected chi connectivity index (χ3v) is 3.13. The SMILES string of the molecule is O[C@H]1CCC[C@@H]1c1ccccc1Cl. The first-order valence-electron chi connectivity index (χ1n) is 4.71. The van der Waals surface area contributed by atoms with Crippen LogP contribution in [-0.4, -0.2) is 11.2 Å². The highest BCUT2D eigenvalue weighted by Gasteiger charge is 2.27. The zero-order chi connectivity index (χ0) is 9.26. The van der Waals surface area contributed by atoms with E-state index in [4.69, 9.17) is 11.6 Å². The number of hydrogen-bond acceptors (Lipinski definition) is 1. The van der Waals surface area contributed by atoms with Gasteiger partial charge < -0.3 is 5.11 Å². The molecule has 2 atom stereocenters. The Morgan fingerprint density at radius 2 is 2.00 bits per heavy atom. The van der Waals surface area contributed by atoms with Gasteiger partial charge in [0.05, 0.1) is 6.10 Å². The van der Waals surface area contributed by atoms with E-state index in [1.54, 1.807) is 0 Å². The van der Waals surface area contributed by atoms with Crippen molar-refractivity contribution in [1.29, 1.82) is 0 Å². The highest BCUT2D eigenvalue weighted by Crippen LogP contribution is 2.37. The van der Waals surface area contributed by atoms with Gasteiger partial charge in [0.15, 0.2) is 0 Å². The first-order chi connectivity index (χ1) is 6.29. The van der Waals surface area contributed by atoms with E-state index in [1.165, 1.54) is 0 Å². The Morgan fingerprint density at radius 3 is 2.62 bits per heavy atom. The van der Waals surface area contributed by atoms with Crippen LogP contribution in [-0.2, 0) is 0 Å². The average molecular weight is 197 g/mol. The van der Waals surface area contributed by atoms with Gasteiger partial charge in [-0.1, -0.05) is 36.2 Å². The van der Waals surface area contributed by atoms with Crippen LogP contribution >= 0.6 is 11.6 Å². The molecule has 0 saturated heterocycles. The van der Waals surface area contributed by atoms with Crippen LogP contribution < -0.4 is 0 Å². The minimum Gasteiger partial charge on any atom is -0.392 e. The molecule has 1 aromatic carbocycles. The summed E-state index contributed by atoms with van der Waals surface area (Å²) >= 11 is 6.06. The Balaban J connectivity index is 2.29. The fourth-order valence-corrected chi connectivity index (χ4v) is 2.35. The molecule has 0 aliphatic heterocycles. The second kappa shape index (κ2) is 3.69.